The van der Waals surface area contributed by atoms with E-state index >= 15 is 0 Å². The van der Waals surface area contributed by atoms with Crippen LogP contribution in [-0.4, -0.2) is 5.91 Å². The van der Waals surface area contributed by atoms with E-state index < -0.39 is 11.7 Å². The highest BCUT2D eigenvalue weighted by Crippen LogP contribution is 2.21. The Bertz CT molecular complexity index is 671. The number of hydrogen-bond acceptors (Lipinski definition) is 3. The highest BCUT2D eigenvalue weighted by atomic mass is 19.1. The van der Waals surface area contributed by atoms with Crippen molar-refractivity contribution < 1.29 is 13.9 Å². The van der Waals surface area contributed by atoms with E-state index in [4.69, 9.17) is 10.6 Å². The molecule has 0 aliphatic rings. The Kier molecular flexibility index (Phi) is 4.55. The number of hydrazine groups is 1. The smallest absolute Gasteiger partial charge is 0.265 e. The highest BCUT2D eigenvalue weighted by molar-refractivity contribution is 5.93. The highest BCUT2D eigenvalue weighted by Gasteiger charge is 2.10. The van der Waals surface area contributed by atoms with Gasteiger partial charge in [-0.15, -0.1) is 0 Å². The average Bonchev–Trinajstić information content (AvgIpc) is 2.47. The van der Waals surface area contributed by atoms with Crippen LogP contribution >= 0.6 is 0 Å². The molecule has 0 aliphatic carbocycles. The SMILES string of the molecule is Cc1ccc(OCc2cc(C(=O)NN)ccc2F)c(C)c1. The van der Waals surface area contributed by atoms with E-state index in [0.29, 0.717) is 11.3 Å². The summed E-state index contributed by atoms with van der Waals surface area (Å²) in [5, 5.41) is 0. The third-order valence-electron chi connectivity index (χ3n) is 3.15. The van der Waals surface area contributed by atoms with E-state index in [1.54, 1.807) is 0 Å². The minimum absolute atomic E-state index is 0.0431. The molecule has 0 aromatic heterocycles. The number of ether oxygens (including phenoxy) is 1. The Hall–Kier alpha value is -2.40. The van der Waals surface area contributed by atoms with Gasteiger partial charge in [-0.1, -0.05) is 17.7 Å². The van der Waals surface area contributed by atoms with E-state index in [2.05, 4.69) is 0 Å². The zero-order chi connectivity index (χ0) is 15.4. The Morgan fingerprint density at radius 3 is 2.67 bits per heavy atom. The van der Waals surface area contributed by atoms with E-state index in [9.17, 15) is 9.18 Å². The van der Waals surface area contributed by atoms with Crippen molar-refractivity contribution in [2.45, 2.75) is 20.5 Å². The lowest BCUT2D eigenvalue weighted by atomic mass is 10.1. The Balaban J connectivity index is 2.17. The van der Waals surface area contributed by atoms with Crippen LogP contribution in [0, 0.1) is 19.7 Å². The molecular weight excluding hydrogens is 271 g/mol. The third-order valence-corrected chi connectivity index (χ3v) is 3.15. The van der Waals surface area contributed by atoms with Gasteiger partial charge in [0.05, 0.1) is 0 Å². The van der Waals surface area contributed by atoms with Crippen LogP contribution < -0.4 is 16.0 Å². The summed E-state index contributed by atoms with van der Waals surface area (Å²) in [5.74, 6) is 4.86. The predicted molar refractivity (Wildman–Crippen MR) is 78.3 cm³/mol. The van der Waals surface area contributed by atoms with Gasteiger partial charge in [0.25, 0.3) is 5.91 Å². The number of hydrogen-bond donors (Lipinski definition) is 2. The summed E-state index contributed by atoms with van der Waals surface area (Å²) in [7, 11) is 0. The Morgan fingerprint density at radius 1 is 1.24 bits per heavy atom. The summed E-state index contributed by atoms with van der Waals surface area (Å²) in [6.45, 7) is 3.96. The molecule has 0 radical (unpaired) electrons. The standard InChI is InChI=1S/C16H17FN2O2/c1-10-3-6-15(11(2)7-10)21-9-13-8-12(16(20)19-18)4-5-14(13)17/h3-8H,9,18H2,1-2H3,(H,19,20). The monoisotopic (exact) mass is 288 g/mol. The van der Waals surface area contributed by atoms with Gasteiger partial charge in [-0.05, 0) is 43.7 Å². The van der Waals surface area contributed by atoms with Crippen molar-refractivity contribution in [1.29, 1.82) is 0 Å². The first kappa shape index (κ1) is 15.0. The molecule has 0 saturated carbocycles. The third kappa shape index (κ3) is 3.58. The fourth-order valence-corrected chi connectivity index (χ4v) is 2.03. The molecule has 0 aliphatic heterocycles. The number of rotatable bonds is 4. The lowest BCUT2D eigenvalue weighted by molar-refractivity contribution is 0.0953. The maximum absolute atomic E-state index is 13.8. The second-order valence-corrected chi connectivity index (χ2v) is 4.84. The molecule has 0 fully saturated rings. The summed E-state index contributed by atoms with van der Waals surface area (Å²) in [6, 6.07) is 9.80. The largest absolute Gasteiger partial charge is 0.489 e. The fourth-order valence-electron chi connectivity index (χ4n) is 2.03. The molecule has 4 nitrogen and oxygen atoms in total. The van der Waals surface area contributed by atoms with Gasteiger partial charge in [-0.3, -0.25) is 10.2 Å². The van der Waals surface area contributed by atoms with Gasteiger partial charge in [0.15, 0.2) is 0 Å². The van der Waals surface area contributed by atoms with Crippen LogP contribution in [0.25, 0.3) is 0 Å². The second kappa shape index (κ2) is 6.37. The Labute approximate surface area is 122 Å². The lowest BCUT2D eigenvalue weighted by Gasteiger charge is -2.11. The zero-order valence-corrected chi connectivity index (χ0v) is 11.9. The summed E-state index contributed by atoms with van der Waals surface area (Å²) in [6.07, 6.45) is 0. The van der Waals surface area contributed by atoms with Crippen LogP contribution in [-0.2, 0) is 6.61 Å². The van der Waals surface area contributed by atoms with Gasteiger partial charge in [0.1, 0.15) is 18.2 Å². The van der Waals surface area contributed by atoms with Crippen molar-refractivity contribution in [3.8, 4) is 5.75 Å². The van der Waals surface area contributed by atoms with Gasteiger partial charge >= 0.3 is 0 Å². The molecule has 5 heteroatoms. The molecule has 2 aromatic rings. The molecule has 2 aromatic carbocycles. The number of halogens is 1. The van der Waals surface area contributed by atoms with Crippen molar-refractivity contribution in [2.24, 2.45) is 5.84 Å². The number of aryl methyl sites for hydroxylation is 2. The van der Waals surface area contributed by atoms with Gasteiger partial charge in [-0.25, -0.2) is 10.2 Å². The molecule has 0 bridgehead atoms. The fraction of sp³-hybridized carbons (Fsp3) is 0.188. The molecule has 0 heterocycles. The molecule has 1 amide bonds. The first-order valence-corrected chi connectivity index (χ1v) is 6.50. The first-order valence-electron chi connectivity index (χ1n) is 6.50. The summed E-state index contributed by atoms with van der Waals surface area (Å²) < 4.78 is 19.4. The number of benzene rings is 2. The van der Waals surface area contributed by atoms with E-state index in [0.717, 1.165) is 11.1 Å². The maximum atomic E-state index is 13.8. The van der Waals surface area contributed by atoms with Crippen molar-refractivity contribution in [3.63, 3.8) is 0 Å². The lowest BCUT2D eigenvalue weighted by Crippen LogP contribution is -2.30. The predicted octanol–water partition coefficient (Wildman–Crippen LogP) is 2.63. The topological polar surface area (TPSA) is 64.3 Å². The molecule has 0 spiro atoms. The first-order chi connectivity index (χ1) is 10.0. The van der Waals surface area contributed by atoms with E-state index in [1.165, 1.54) is 18.2 Å². The minimum atomic E-state index is -0.470. The molecule has 110 valence electrons. The van der Waals surface area contributed by atoms with Crippen LogP contribution in [0.4, 0.5) is 4.39 Å². The normalized spacial score (nSPS) is 10.3. The molecule has 0 unspecified atom stereocenters. The molecule has 2 rings (SSSR count). The minimum Gasteiger partial charge on any atom is -0.489 e. The van der Waals surface area contributed by atoms with E-state index in [-0.39, 0.29) is 12.2 Å². The van der Waals surface area contributed by atoms with Crippen LogP contribution in [0.1, 0.15) is 27.0 Å². The van der Waals surface area contributed by atoms with Crippen molar-refractivity contribution in [1.82, 2.24) is 5.43 Å². The van der Waals surface area contributed by atoms with Gasteiger partial charge < -0.3 is 4.74 Å². The molecular formula is C16H17FN2O2. The quantitative estimate of drug-likeness (QED) is 0.516. The number of amides is 1. The number of carbonyl (C=O) groups is 1. The van der Waals surface area contributed by atoms with Crippen LogP contribution in [0.15, 0.2) is 36.4 Å². The van der Waals surface area contributed by atoms with Gasteiger partial charge in [-0.2, -0.15) is 0 Å². The van der Waals surface area contributed by atoms with Crippen molar-refractivity contribution in [2.75, 3.05) is 0 Å². The summed E-state index contributed by atoms with van der Waals surface area (Å²) in [5.41, 5.74) is 4.72. The van der Waals surface area contributed by atoms with Gasteiger partial charge in [0, 0.05) is 11.1 Å². The van der Waals surface area contributed by atoms with Crippen molar-refractivity contribution in [3.05, 3.63) is 64.5 Å². The summed E-state index contributed by atoms with van der Waals surface area (Å²) in [4.78, 5) is 11.4. The van der Waals surface area contributed by atoms with Gasteiger partial charge in [0.2, 0.25) is 0 Å². The molecule has 3 N–H and O–H groups in total. The zero-order valence-electron chi connectivity index (χ0n) is 11.9. The van der Waals surface area contributed by atoms with Crippen LogP contribution in [0.3, 0.4) is 0 Å². The molecule has 21 heavy (non-hydrogen) atoms. The van der Waals surface area contributed by atoms with Crippen LogP contribution in [0.5, 0.6) is 5.75 Å². The molecule has 0 saturated heterocycles. The van der Waals surface area contributed by atoms with Crippen molar-refractivity contribution >= 4 is 5.91 Å². The second-order valence-electron chi connectivity index (χ2n) is 4.84. The van der Waals surface area contributed by atoms with Crippen LogP contribution in [0.2, 0.25) is 0 Å². The Morgan fingerprint density at radius 2 is 2.00 bits per heavy atom. The summed E-state index contributed by atoms with van der Waals surface area (Å²) >= 11 is 0. The number of nitrogens with two attached hydrogens (primary N) is 1. The average molecular weight is 288 g/mol. The maximum Gasteiger partial charge on any atom is 0.265 e. The number of nitrogen functional groups attached to an aromatic ring is 1. The molecule has 0 atom stereocenters. The number of nitrogens with one attached hydrogen (secondary N) is 1. The van der Waals surface area contributed by atoms with E-state index in [1.807, 2.05) is 37.5 Å². The number of carbonyl (C=O) groups excluding carboxylic acids is 1.